The third-order valence-electron chi connectivity index (χ3n) is 24.2. The molecule has 0 bridgehead atoms. The van der Waals surface area contributed by atoms with Crippen LogP contribution >= 0.6 is 90.7 Å². The molecule has 732 valence electrons. The van der Waals surface area contributed by atoms with Gasteiger partial charge in [0.05, 0.1) is 65.1 Å². The highest BCUT2D eigenvalue weighted by Gasteiger charge is 2.32. The Morgan fingerprint density at radius 1 is 0.370 bits per heavy atom. The molecule has 4 aliphatic heterocycles. The highest BCUT2D eigenvalue weighted by molar-refractivity contribution is 7.20. The van der Waals surface area contributed by atoms with Gasteiger partial charge in [-0.05, 0) is 211 Å². The largest absolute Gasteiger partial charge is 0.366 e. The molecule has 8 aromatic heterocycles. The quantitative estimate of drug-likeness (QED) is 0.0195. The summed E-state index contributed by atoms with van der Waals surface area (Å²) >= 11 is 11.5. The average molecular weight is 2020 g/mol. The Morgan fingerprint density at radius 2 is 0.667 bits per heavy atom. The van der Waals surface area contributed by atoms with Gasteiger partial charge in [0.1, 0.15) is 0 Å². The van der Waals surface area contributed by atoms with Crippen LogP contribution in [0.3, 0.4) is 0 Å². The summed E-state index contributed by atoms with van der Waals surface area (Å²) in [5.74, 6) is -1.96. The molecule has 12 heterocycles. The normalized spacial score (nSPS) is 14.7. The SMILES string of the molecule is CCCc1ccc(C(N)=O)cc1Nc1nc(-c2sc(C(=O)N3CCCN(C)CC3)nc2C)cs1.CCCc1ccc(C(N)=O)cc1Nc1nc(-c2sc(C(=O)N3CCCN(CC)CC3)nc2C)cs1.CCCc1ccc(C(N)=O)cc1Nc1nc(-c2sc(C(=O)N3CCN(C(C)C)CC3)nc2C)cs1.CCCc1ccc(C(N)=O)cc1Nc1nc(-c2sc(C(=O)NC3CCN(C)CC3)nc2C)cs1. The van der Waals surface area contributed by atoms with Gasteiger partial charge in [-0.2, -0.15) is 0 Å². The van der Waals surface area contributed by atoms with Crippen LogP contribution in [0.25, 0.3) is 42.3 Å². The lowest BCUT2D eigenvalue weighted by molar-refractivity contribution is 0.0594. The lowest BCUT2D eigenvalue weighted by Gasteiger charge is -2.36. The number of primary amides is 4. The number of nitrogens with zero attached hydrogens (tertiary/aromatic N) is 15. The first-order chi connectivity index (χ1) is 66.3. The Hall–Kier alpha value is -11.3. The minimum Gasteiger partial charge on any atom is -0.366 e. The number of hydrogen-bond acceptors (Lipinski definition) is 32. The van der Waals surface area contributed by atoms with Gasteiger partial charge in [0.2, 0.25) is 23.6 Å². The fraction of sp³-hybridized carbons (Fsp3) is 0.429. The Labute approximate surface area is 838 Å². The molecule has 8 amide bonds. The number of thiazole rings is 8. The second kappa shape index (κ2) is 49.0. The van der Waals surface area contributed by atoms with E-state index in [1.54, 1.807) is 48.5 Å². The van der Waals surface area contributed by atoms with Crippen LogP contribution in [0.2, 0.25) is 0 Å². The number of carbonyl (C=O) groups is 8. The fourth-order valence-electron chi connectivity index (χ4n) is 16.4. The maximum Gasteiger partial charge on any atom is 0.282 e. The van der Waals surface area contributed by atoms with Gasteiger partial charge in [0, 0.05) is 144 Å². The number of rotatable bonds is 31. The number of hydrogen-bond donors (Lipinski definition) is 9. The number of aryl methyl sites for hydroxylation is 8. The molecule has 0 spiro atoms. The van der Waals surface area contributed by atoms with Crippen molar-refractivity contribution in [3.05, 3.63) is 182 Å². The molecule has 4 aromatic carbocycles. The summed E-state index contributed by atoms with van der Waals surface area (Å²) in [7, 11) is 4.19. The van der Waals surface area contributed by atoms with Gasteiger partial charge in [-0.25, -0.2) is 39.9 Å². The molecule has 138 heavy (non-hydrogen) atoms. The van der Waals surface area contributed by atoms with E-state index in [-0.39, 0.29) is 29.7 Å². The smallest absolute Gasteiger partial charge is 0.282 e. The van der Waals surface area contributed by atoms with E-state index in [0.29, 0.717) is 68.9 Å². The predicted molar refractivity (Wildman–Crippen MR) is 562 cm³/mol. The average Bonchev–Trinajstić information content (AvgIpc) is 1.69. The molecule has 16 rings (SSSR count). The molecule has 12 aromatic rings. The molecule has 0 radical (unpaired) electrons. The first kappa shape index (κ1) is 104. The molecule has 4 fully saturated rings. The molecule has 0 saturated carbocycles. The number of piperidine rings is 1. The number of piperazine rings is 1. The molecule has 0 atom stereocenters. The van der Waals surface area contributed by atoms with Crippen molar-refractivity contribution in [2.75, 3.05) is 134 Å². The molecule has 0 aliphatic carbocycles. The second-order valence-electron chi connectivity index (χ2n) is 34.8. The van der Waals surface area contributed by atoms with Crippen molar-refractivity contribution in [1.29, 1.82) is 0 Å². The van der Waals surface area contributed by atoms with Crippen molar-refractivity contribution in [2.45, 2.75) is 165 Å². The molecular formula is C98H124N24O8S8. The number of likely N-dealkylation sites (N-methyl/N-ethyl adjacent to an activating group) is 2. The minimum absolute atomic E-state index is 0.00311. The number of carbonyl (C=O) groups excluding carboxylic acids is 8. The minimum atomic E-state index is -0.461. The Morgan fingerprint density at radius 3 is 0.986 bits per heavy atom. The summed E-state index contributed by atoms with van der Waals surface area (Å²) in [6, 6.07) is 22.6. The summed E-state index contributed by atoms with van der Waals surface area (Å²) in [6.07, 6.45) is 11.3. The van der Waals surface area contributed by atoms with Gasteiger partial charge in [0.25, 0.3) is 23.6 Å². The molecule has 13 N–H and O–H groups in total. The Kier molecular flexibility index (Phi) is 37.0. The Balaban J connectivity index is 0.000000155. The zero-order valence-electron chi connectivity index (χ0n) is 80.5. The van der Waals surface area contributed by atoms with Gasteiger partial charge in [-0.15, -0.1) is 90.7 Å². The Bertz CT molecular complexity index is 6270. The second-order valence-corrected chi connectivity index (χ2v) is 42.3. The molecular weight excluding hydrogens is 1900 g/mol. The topological polar surface area (TPSA) is 427 Å². The van der Waals surface area contributed by atoms with Gasteiger partial charge in [-0.1, -0.05) is 84.6 Å². The van der Waals surface area contributed by atoms with Crippen LogP contribution in [0.1, 0.15) is 226 Å². The van der Waals surface area contributed by atoms with Gasteiger partial charge in [0.15, 0.2) is 40.6 Å². The third kappa shape index (κ3) is 27.2. The van der Waals surface area contributed by atoms with Crippen LogP contribution in [0.4, 0.5) is 43.3 Å². The predicted octanol–water partition coefficient (Wildman–Crippen LogP) is 17.4. The number of nitrogens with one attached hydrogen (secondary N) is 5. The van der Waals surface area contributed by atoms with Crippen molar-refractivity contribution in [1.82, 2.24) is 79.5 Å². The summed E-state index contributed by atoms with van der Waals surface area (Å²) < 4.78 is 0. The first-order valence-corrected chi connectivity index (χ1v) is 53.7. The van der Waals surface area contributed by atoms with Gasteiger partial charge >= 0.3 is 0 Å². The van der Waals surface area contributed by atoms with Crippen molar-refractivity contribution >= 4 is 181 Å². The van der Waals surface area contributed by atoms with E-state index in [1.165, 1.54) is 90.7 Å². The standard InChI is InChI=1S/2C25H32N6O2S2.2C24H30N6O2S2/c1-5-6-17-7-8-18(22(26)32)13-19(17)28-25-29-20(14-34-25)21-16(4)27-23(35-21)24(33)31-11-9-30(10-12-31)15(2)3;1-4-7-17-8-9-18(22(26)32)14-19(17)28-25-29-20(15-34-25)21-16(3)27-23(35-21)24(33)31-11-6-10-30(5-2)12-13-31;1-4-6-16-7-8-17(21(25)31)13-18(16)27-24-28-19(14-33-24)20-15(2)26-22(34-20)23(32)30-10-5-9-29(3)11-12-30;1-4-5-15-6-7-16(21(25)31)12-18(15)28-24-29-19(13-33-24)20-14(2)26-23(34-20)22(32)27-17-8-10-30(3)11-9-17/h7-8,13-15H,5-6,9-12H2,1-4H3,(H2,26,32)(H,28,29);8-9,14-15H,4-7,10-13H2,1-3H3,(H2,26,32)(H,28,29);7-8,13-14H,4-6,9-12H2,1-3H3,(H2,25,31)(H,27,28);6-7,12-13,17H,4-5,8-11H2,1-3H3,(H2,25,31)(H,27,32)(H,28,29). The van der Waals surface area contributed by atoms with Crippen LogP contribution in [0, 0.1) is 27.7 Å². The number of nitrogens with two attached hydrogens (primary N) is 4. The van der Waals surface area contributed by atoms with E-state index >= 15 is 0 Å². The van der Waals surface area contributed by atoms with E-state index in [2.05, 4.69) is 129 Å². The van der Waals surface area contributed by atoms with Crippen molar-refractivity contribution in [3.63, 3.8) is 0 Å². The number of likely N-dealkylation sites (tertiary alicyclic amines) is 1. The molecule has 0 unspecified atom stereocenters. The highest BCUT2D eigenvalue weighted by atomic mass is 32.1. The van der Waals surface area contributed by atoms with E-state index in [1.807, 2.05) is 88.2 Å². The lowest BCUT2D eigenvalue weighted by Crippen LogP contribution is -2.50. The third-order valence-corrected chi connectivity index (χ3v) is 31.9. The summed E-state index contributed by atoms with van der Waals surface area (Å²) in [5, 5.41) is 29.3. The van der Waals surface area contributed by atoms with Crippen molar-refractivity contribution < 1.29 is 38.4 Å². The maximum atomic E-state index is 13.2. The zero-order chi connectivity index (χ0) is 98.5. The number of benzene rings is 4. The molecule has 40 heteroatoms. The van der Waals surface area contributed by atoms with Gasteiger partial charge in [-0.3, -0.25) is 43.3 Å². The number of anilines is 8. The summed E-state index contributed by atoms with van der Waals surface area (Å²) in [4.78, 5) is 155. The number of amides is 8. The van der Waals surface area contributed by atoms with Crippen LogP contribution in [-0.2, 0) is 25.7 Å². The van der Waals surface area contributed by atoms with E-state index < -0.39 is 23.6 Å². The maximum absolute atomic E-state index is 13.2. The molecule has 32 nitrogen and oxygen atoms in total. The van der Waals surface area contributed by atoms with Crippen molar-refractivity contribution in [2.24, 2.45) is 22.9 Å². The van der Waals surface area contributed by atoms with E-state index in [0.717, 1.165) is 285 Å². The fourth-order valence-corrected chi connectivity index (χ4v) is 23.5. The van der Waals surface area contributed by atoms with Crippen LogP contribution in [0.5, 0.6) is 0 Å². The number of aromatic nitrogens is 8. The molecule has 4 aliphatic rings. The van der Waals surface area contributed by atoms with Crippen LogP contribution in [-0.4, -0.2) is 246 Å². The molecule has 4 saturated heterocycles. The summed E-state index contributed by atoms with van der Waals surface area (Å²) in [6.45, 7) is 35.6. The highest BCUT2D eigenvalue weighted by Crippen LogP contribution is 2.41. The van der Waals surface area contributed by atoms with Crippen LogP contribution < -0.4 is 49.5 Å². The van der Waals surface area contributed by atoms with Gasteiger partial charge < -0.3 is 78.9 Å². The van der Waals surface area contributed by atoms with E-state index in [4.69, 9.17) is 42.9 Å². The van der Waals surface area contributed by atoms with Crippen LogP contribution in [0.15, 0.2) is 94.3 Å². The first-order valence-electron chi connectivity index (χ1n) is 46.9. The monoisotopic (exact) mass is 2020 g/mol. The summed E-state index contributed by atoms with van der Waals surface area (Å²) in [5.41, 5.74) is 37.9. The van der Waals surface area contributed by atoms with E-state index in [9.17, 15) is 38.4 Å². The van der Waals surface area contributed by atoms with Crippen molar-refractivity contribution in [3.8, 4) is 42.3 Å². The zero-order valence-corrected chi connectivity index (χ0v) is 87.1. The lowest BCUT2D eigenvalue weighted by atomic mass is 10.0.